The Morgan fingerprint density at radius 1 is 1.14 bits per heavy atom. The lowest BCUT2D eigenvalue weighted by Gasteiger charge is -2.10. The van der Waals surface area contributed by atoms with E-state index in [0.717, 1.165) is 30.3 Å². The minimum absolute atomic E-state index is 0.782. The van der Waals surface area contributed by atoms with Gasteiger partial charge in [-0.05, 0) is 31.7 Å². The number of rotatable bonds is 5. The summed E-state index contributed by atoms with van der Waals surface area (Å²) in [6.07, 6.45) is 3.74. The van der Waals surface area contributed by atoms with Gasteiger partial charge in [0.25, 0.3) is 0 Å². The molecule has 108 valence electrons. The number of nitrogens with one attached hydrogen (secondary N) is 1. The Labute approximate surface area is 124 Å². The van der Waals surface area contributed by atoms with Gasteiger partial charge >= 0.3 is 0 Å². The average Bonchev–Trinajstić information content (AvgIpc) is 3.13. The zero-order chi connectivity index (χ0) is 14.7. The lowest BCUT2D eigenvalue weighted by molar-refractivity contribution is 0.707. The number of para-hydroxylation sites is 1. The zero-order valence-electron chi connectivity index (χ0n) is 12.3. The van der Waals surface area contributed by atoms with Gasteiger partial charge in [0, 0.05) is 24.5 Å². The molecule has 0 spiro atoms. The first-order chi connectivity index (χ1) is 10.3. The van der Waals surface area contributed by atoms with Crippen LogP contribution in [0.5, 0.6) is 0 Å². The molecule has 0 amide bonds. The third-order valence-corrected chi connectivity index (χ3v) is 3.43. The molecule has 0 aliphatic heterocycles. The van der Waals surface area contributed by atoms with E-state index >= 15 is 0 Å². The Kier molecular flexibility index (Phi) is 3.83. The molecular formula is C16H19N5. The second-order valence-corrected chi connectivity index (χ2v) is 4.87. The van der Waals surface area contributed by atoms with Crippen LogP contribution in [0, 0.1) is 6.92 Å². The van der Waals surface area contributed by atoms with E-state index in [2.05, 4.69) is 29.5 Å². The van der Waals surface area contributed by atoms with Crippen molar-refractivity contribution in [2.75, 3.05) is 6.54 Å². The molecular weight excluding hydrogens is 262 g/mol. The molecule has 1 N–H and O–H groups in total. The van der Waals surface area contributed by atoms with E-state index in [9.17, 15) is 0 Å². The summed E-state index contributed by atoms with van der Waals surface area (Å²) >= 11 is 0. The predicted molar refractivity (Wildman–Crippen MR) is 82.8 cm³/mol. The van der Waals surface area contributed by atoms with Gasteiger partial charge in [0.05, 0.1) is 11.4 Å². The fourth-order valence-electron chi connectivity index (χ4n) is 2.38. The topological polar surface area (TPSA) is 47.7 Å². The van der Waals surface area contributed by atoms with Crippen LogP contribution >= 0.6 is 0 Å². The molecule has 3 rings (SSSR count). The predicted octanol–water partition coefficient (Wildman–Crippen LogP) is 2.48. The molecule has 0 atom stereocenters. The van der Waals surface area contributed by atoms with Crippen molar-refractivity contribution in [2.24, 2.45) is 0 Å². The summed E-state index contributed by atoms with van der Waals surface area (Å²) in [6, 6.07) is 12.1. The molecule has 0 fully saturated rings. The van der Waals surface area contributed by atoms with E-state index in [1.807, 2.05) is 46.7 Å². The van der Waals surface area contributed by atoms with Crippen LogP contribution in [0.2, 0.25) is 0 Å². The van der Waals surface area contributed by atoms with Gasteiger partial charge in [0.2, 0.25) is 0 Å². The lowest BCUT2D eigenvalue weighted by Crippen LogP contribution is -2.15. The Bertz CT molecular complexity index is 698. The van der Waals surface area contributed by atoms with Crippen molar-refractivity contribution in [1.29, 1.82) is 0 Å². The van der Waals surface area contributed by atoms with Crippen molar-refractivity contribution in [3.63, 3.8) is 0 Å². The molecule has 5 heteroatoms. The van der Waals surface area contributed by atoms with Gasteiger partial charge in [-0.1, -0.05) is 25.1 Å². The number of aromatic nitrogens is 4. The highest BCUT2D eigenvalue weighted by atomic mass is 15.4. The normalized spacial score (nSPS) is 11.0. The van der Waals surface area contributed by atoms with E-state index in [1.54, 1.807) is 6.20 Å². The fourth-order valence-corrected chi connectivity index (χ4v) is 2.38. The summed E-state index contributed by atoms with van der Waals surface area (Å²) < 4.78 is 3.83. The van der Waals surface area contributed by atoms with Crippen LogP contribution in [0.25, 0.3) is 11.5 Å². The highest BCUT2D eigenvalue weighted by molar-refractivity contribution is 5.45. The Morgan fingerprint density at radius 3 is 2.62 bits per heavy atom. The maximum atomic E-state index is 4.71. The third-order valence-electron chi connectivity index (χ3n) is 3.43. The first kappa shape index (κ1) is 13.6. The fraction of sp³-hybridized carbons (Fsp3) is 0.250. The molecule has 0 saturated carbocycles. The van der Waals surface area contributed by atoms with Gasteiger partial charge in [-0.15, -0.1) is 0 Å². The second-order valence-electron chi connectivity index (χ2n) is 4.87. The zero-order valence-corrected chi connectivity index (χ0v) is 12.3. The quantitative estimate of drug-likeness (QED) is 0.781. The summed E-state index contributed by atoms with van der Waals surface area (Å²) in [5, 5.41) is 12.5. The summed E-state index contributed by atoms with van der Waals surface area (Å²) in [5.74, 6) is 0.990. The van der Waals surface area contributed by atoms with E-state index in [0.29, 0.717) is 0 Å². The highest BCUT2D eigenvalue weighted by Gasteiger charge is 2.17. The van der Waals surface area contributed by atoms with Crippen LogP contribution in [0.1, 0.15) is 18.2 Å². The molecule has 21 heavy (non-hydrogen) atoms. The van der Waals surface area contributed by atoms with Gasteiger partial charge in [0.15, 0.2) is 5.82 Å². The van der Waals surface area contributed by atoms with E-state index in [-0.39, 0.29) is 0 Å². The largest absolute Gasteiger partial charge is 0.313 e. The number of hydrogen-bond donors (Lipinski definition) is 1. The van der Waals surface area contributed by atoms with Crippen LogP contribution in [0.15, 0.2) is 48.8 Å². The molecule has 0 aliphatic carbocycles. The molecule has 0 radical (unpaired) electrons. The first-order valence-electron chi connectivity index (χ1n) is 7.16. The standard InChI is InChI=1S/C16H19N5/c1-3-17-12-15-13(2)19-21(14-8-5-4-6-9-14)16(15)20-11-7-10-18-20/h4-11,17H,3,12H2,1-2H3. The second kappa shape index (κ2) is 5.93. The van der Waals surface area contributed by atoms with E-state index < -0.39 is 0 Å². The maximum absolute atomic E-state index is 4.71. The smallest absolute Gasteiger partial charge is 0.161 e. The van der Waals surface area contributed by atoms with Crippen LogP contribution in [-0.4, -0.2) is 26.1 Å². The minimum Gasteiger partial charge on any atom is -0.313 e. The van der Waals surface area contributed by atoms with Crippen LogP contribution in [0.4, 0.5) is 0 Å². The molecule has 0 unspecified atom stereocenters. The molecule has 0 bridgehead atoms. The van der Waals surface area contributed by atoms with Gasteiger partial charge in [-0.25, -0.2) is 9.36 Å². The molecule has 1 aromatic carbocycles. The van der Waals surface area contributed by atoms with Crippen molar-refractivity contribution in [1.82, 2.24) is 24.9 Å². The first-order valence-corrected chi connectivity index (χ1v) is 7.16. The Balaban J connectivity index is 2.16. The number of nitrogens with zero attached hydrogens (tertiary/aromatic N) is 4. The highest BCUT2D eigenvalue weighted by Crippen LogP contribution is 2.21. The summed E-state index contributed by atoms with van der Waals surface area (Å²) in [5.41, 5.74) is 3.23. The number of hydrogen-bond acceptors (Lipinski definition) is 3. The average molecular weight is 281 g/mol. The van der Waals surface area contributed by atoms with Crippen molar-refractivity contribution < 1.29 is 0 Å². The van der Waals surface area contributed by atoms with Gasteiger partial charge in [-0.2, -0.15) is 10.2 Å². The van der Waals surface area contributed by atoms with E-state index in [4.69, 9.17) is 5.10 Å². The molecule has 0 aliphatic rings. The third kappa shape index (κ3) is 2.60. The molecule has 2 aromatic heterocycles. The summed E-state index contributed by atoms with van der Waals surface area (Å²) in [7, 11) is 0. The summed E-state index contributed by atoms with van der Waals surface area (Å²) in [6.45, 7) is 5.85. The monoisotopic (exact) mass is 281 g/mol. The number of aryl methyl sites for hydroxylation is 1. The molecule has 3 aromatic rings. The van der Waals surface area contributed by atoms with Crippen LogP contribution in [-0.2, 0) is 6.54 Å². The SMILES string of the molecule is CCNCc1c(C)nn(-c2ccccc2)c1-n1cccn1. The van der Waals surface area contributed by atoms with Gasteiger partial charge < -0.3 is 5.32 Å². The van der Waals surface area contributed by atoms with Crippen molar-refractivity contribution >= 4 is 0 Å². The van der Waals surface area contributed by atoms with Gasteiger partial charge in [0.1, 0.15) is 0 Å². The Hall–Kier alpha value is -2.40. The van der Waals surface area contributed by atoms with Crippen LogP contribution < -0.4 is 5.32 Å². The Morgan fingerprint density at radius 2 is 1.95 bits per heavy atom. The van der Waals surface area contributed by atoms with Crippen molar-refractivity contribution in [3.8, 4) is 11.5 Å². The van der Waals surface area contributed by atoms with Gasteiger partial charge in [-0.3, -0.25) is 0 Å². The van der Waals surface area contributed by atoms with Crippen LogP contribution in [0.3, 0.4) is 0 Å². The molecule has 2 heterocycles. The minimum atomic E-state index is 0.782. The summed E-state index contributed by atoms with van der Waals surface area (Å²) in [4.78, 5) is 0. The maximum Gasteiger partial charge on any atom is 0.161 e. The van der Waals surface area contributed by atoms with Crippen molar-refractivity contribution in [2.45, 2.75) is 20.4 Å². The molecule has 0 saturated heterocycles. The number of benzene rings is 1. The van der Waals surface area contributed by atoms with Crippen molar-refractivity contribution in [3.05, 3.63) is 60.0 Å². The van der Waals surface area contributed by atoms with E-state index in [1.165, 1.54) is 5.56 Å². The lowest BCUT2D eigenvalue weighted by atomic mass is 10.2. The molecule has 5 nitrogen and oxygen atoms in total.